The summed E-state index contributed by atoms with van der Waals surface area (Å²) in [5.41, 5.74) is -0.914. The molecule has 2 rings (SSSR count). The number of ether oxygens (including phenoxy) is 1. The Morgan fingerprint density at radius 1 is 1.30 bits per heavy atom. The number of sulfonamides is 1. The van der Waals surface area contributed by atoms with Crippen molar-refractivity contribution in [3.05, 3.63) is 28.2 Å². The van der Waals surface area contributed by atoms with Crippen LogP contribution in [-0.4, -0.2) is 38.9 Å². The van der Waals surface area contributed by atoms with Crippen molar-refractivity contribution in [2.75, 3.05) is 19.8 Å². The molecule has 1 fully saturated rings. The molecule has 1 aromatic rings. The van der Waals surface area contributed by atoms with E-state index in [2.05, 4.69) is 4.72 Å². The van der Waals surface area contributed by atoms with Gasteiger partial charge >= 0.3 is 0 Å². The highest BCUT2D eigenvalue weighted by molar-refractivity contribution is 7.89. The summed E-state index contributed by atoms with van der Waals surface area (Å²) in [5, 5.41) is 9.67. The third-order valence-electron chi connectivity index (χ3n) is 3.31. The maximum atomic E-state index is 12.4. The normalized spacial score (nSPS) is 18.9. The summed E-state index contributed by atoms with van der Waals surface area (Å²) in [7, 11) is -3.87. The molecule has 0 amide bonds. The molecule has 8 heteroatoms. The molecule has 0 atom stereocenters. The van der Waals surface area contributed by atoms with Gasteiger partial charge in [0, 0.05) is 13.2 Å². The number of hydrogen-bond donors (Lipinski definition) is 2. The molecule has 0 saturated carbocycles. The molecule has 1 saturated heterocycles. The average molecular weight is 340 g/mol. The second kappa shape index (κ2) is 6.17. The van der Waals surface area contributed by atoms with Crippen LogP contribution in [0, 0.1) is 0 Å². The second-order valence-corrected chi connectivity index (χ2v) is 7.14. The van der Waals surface area contributed by atoms with E-state index in [0.717, 1.165) is 0 Å². The highest BCUT2D eigenvalue weighted by atomic mass is 35.5. The van der Waals surface area contributed by atoms with Gasteiger partial charge in [0.1, 0.15) is 4.90 Å². The summed E-state index contributed by atoms with van der Waals surface area (Å²) in [6.45, 7) is 0.493. The van der Waals surface area contributed by atoms with E-state index >= 15 is 0 Å². The van der Waals surface area contributed by atoms with Crippen molar-refractivity contribution in [3.63, 3.8) is 0 Å². The van der Waals surface area contributed by atoms with Gasteiger partial charge in [0.05, 0.1) is 22.2 Å². The van der Waals surface area contributed by atoms with E-state index in [4.69, 9.17) is 27.9 Å². The molecular formula is C12H15Cl2NO4S. The maximum Gasteiger partial charge on any atom is 0.242 e. The first-order chi connectivity index (χ1) is 9.40. The van der Waals surface area contributed by atoms with Crippen molar-refractivity contribution < 1.29 is 18.3 Å². The van der Waals surface area contributed by atoms with Gasteiger partial charge in [-0.2, -0.15) is 0 Å². The van der Waals surface area contributed by atoms with E-state index in [-0.39, 0.29) is 21.5 Å². The number of rotatable bonds is 4. The lowest BCUT2D eigenvalue weighted by atomic mass is 9.93. The summed E-state index contributed by atoms with van der Waals surface area (Å²) in [4.78, 5) is -0.0917. The lowest BCUT2D eigenvalue weighted by molar-refractivity contribution is 0.0223. The summed E-state index contributed by atoms with van der Waals surface area (Å²) in [6, 6.07) is 4.40. The van der Waals surface area contributed by atoms with Crippen molar-refractivity contribution in [2.45, 2.75) is 23.3 Å². The van der Waals surface area contributed by atoms with Crippen LogP contribution in [0.25, 0.3) is 0 Å². The Bertz CT molecular complexity index is 585. The van der Waals surface area contributed by atoms with Crippen LogP contribution in [0.1, 0.15) is 12.8 Å². The zero-order valence-corrected chi connectivity index (χ0v) is 12.9. The van der Waals surface area contributed by atoms with Crippen LogP contribution in [0.4, 0.5) is 0 Å². The molecule has 1 aliphatic heterocycles. The standard InChI is InChI=1S/C12H15Cl2NO4S/c13-9-2-1-3-10(11(9)14)20(17,18)15-12(8-16)4-6-19-7-5-12/h1-3,15-16H,4-8H2. The summed E-state index contributed by atoms with van der Waals surface area (Å²) >= 11 is 11.8. The SMILES string of the molecule is O=S(=O)(NC1(CO)CCOCC1)c1cccc(Cl)c1Cl. The van der Waals surface area contributed by atoms with E-state index < -0.39 is 15.6 Å². The van der Waals surface area contributed by atoms with Crippen LogP contribution in [0.2, 0.25) is 10.0 Å². The monoisotopic (exact) mass is 339 g/mol. The molecule has 20 heavy (non-hydrogen) atoms. The summed E-state index contributed by atoms with van der Waals surface area (Å²) in [5.74, 6) is 0. The molecule has 0 aliphatic carbocycles. The predicted molar refractivity (Wildman–Crippen MR) is 76.7 cm³/mol. The lowest BCUT2D eigenvalue weighted by Gasteiger charge is -2.35. The number of aliphatic hydroxyl groups excluding tert-OH is 1. The Morgan fingerprint density at radius 2 is 1.95 bits per heavy atom. The topological polar surface area (TPSA) is 75.6 Å². The van der Waals surface area contributed by atoms with Crippen molar-refractivity contribution in [1.82, 2.24) is 4.72 Å². The number of halogens is 2. The van der Waals surface area contributed by atoms with Crippen LogP contribution < -0.4 is 4.72 Å². The molecule has 0 bridgehead atoms. The van der Waals surface area contributed by atoms with Gasteiger partial charge in [-0.05, 0) is 25.0 Å². The largest absolute Gasteiger partial charge is 0.394 e. The Balaban J connectivity index is 2.33. The van der Waals surface area contributed by atoms with Crippen molar-refractivity contribution >= 4 is 33.2 Å². The van der Waals surface area contributed by atoms with Crippen LogP contribution in [0.5, 0.6) is 0 Å². The highest BCUT2D eigenvalue weighted by Gasteiger charge is 2.37. The van der Waals surface area contributed by atoms with Crippen LogP contribution >= 0.6 is 23.2 Å². The van der Waals surface area contributed by atoms with E-state index in [9.17, 15) is 13.5 Å². The zero-order valence-electron chi connectivity index (χ0n) is 10.6. The second-order valence-electron chi connectivity index (χ2n) is 4.71. The van der Waals surface area contributed by atoms with E-state index in [0.29, 0.717) is 26.1 Å². The van der Waals surface area contributed by atoms with Crippen molar-refractivity contribution in [1.29, 1.82) is 0 Å². The number of benzene rings is 1. The van der Waals surface area contributed by atoms with Gasteiger partial charge in [-0.15, -0.1) is 0 Å². The minimum absolute atomic E-state index is 0.0261. The molecule has 1 aromatic carbocycles. The van der Waals surface area contributed by atoms with Gasteiger partial charge in [-0.3, -0.25) is 0 Å². The summed E-state index contributed by atoms with van der Waals surface area (Å²) in [6.07, 6.45) is 0.807. The molecule has 0 spiro atoms. The fourth-order valence-corrected chi connectivity index (χ4v) is 4.30. The minimum atomic E-state index is -3.87. The van der Waals surface area contributed by atoms with E-state index in [1.807, 2.05) is 0 Å². The van der Waals surface area contributed by atoms with Crippen molar-refractivity contribution in [3.8, 4) is 0 Å². The summed E-state index contributed by atoms with van der Waals surface area (Å²) < 4.78 is 32.6. The predicted octanol–water partition coefficient (Wildman–Crippen LogP) is 1.81. The van der Waals surface area contributed by atoms with Gasteiger partial charge in [-0.25, -0.2) is 13.1 Å². The fourth-order valence-electron chi connectivity index (χ4n) is 2.09. The van der Waals surface area contributed by atoms with Gasteiger partial charge in [-0.1, -0.05) is 29.3 Å². The van der Waals surface area contributed by atoms with Gasteiger partial charge in [0.2, 0.25) is 10.0 Å². The lowest BCUT2D eigenvalue weighted by Crippen LogP contribution is -2.54. The molecular weight excluding hydrogens is 325 g/mol. The van der Waals surface area contributed by atoms with E-state index in [1.54, 1.807) is 0 Å². The third kappa shape index (κ3) is 3.27. The molecule has 5 nitrogen and oxygen atoms in total. The van der Waals surface area contributed by atoms with Gasteiger partial charge in [0.15, 0.2) is 0 Å². The molecule has 112 valence electrons. The number of nitrogens with one attached hydrogen (secondary N) is 1. The Kier molecular flexibility index (Phi) is 4.94. The third-order valence-corrected chi connectivity index (χ3v) is 5.86. The molecule has 0 aromatic heterocycles. The Morgan fingerprint density at radius 3 is 2.55 bits per heavy atom. The first kappa shape index (κ1) is 16.0. The molecule has 2 N–H and O–H groups in total. The van der Waals surface area contributed by atoms with Crippen LogP contribution in [0.15, 0.2) is 23.1 Å². The average Bonchev–Trinajstić information content (AvgIpc) is 2.42. The van der Waals surface area contributed by atoms with Crippen LogP contribution in [0.3, 0.4) is 0 Å². The molecule has 1 aliphatic rings. The van der Waals surface area contributed by atoms with E-state index in [1.165, 1.54) is 18.2 Å². The smallest absolute Gasteiger partial charge is 0.242 e. The van der Waals surface area contributed by atoms with Crippen LogP contribution in [-0.2, 0) is 14.8 Å². The zero-order chi connectivity index (χ0) is 14.8. The minimum Gasteiger partial charge on any atom is -0.394 e. The number of aliphatic hydroxyl groups is 1. The first-order valence-electron chi connectivity index (χ1n) is 6.07. The first-order valence-corrected chi connectivity index (χ1v) is 8.31. The number of hydrogen-bond acceptors (Lipinski definition) is 4. The molecule has 0 radical (unpaired) electrons. The molecule has 1 heterocycles. The van der Waals surface area contributed by atoms with Crippen molar-refractivity contribution in [2.24, 2.45) is 0 Å². The Hall–Kier alpha value is -0.370. The fraction of sp³-hybridized carbons (Fsp3) is 0.500. The molecule has 0 unspecified atom stereocenters. The Labute approximate surface area is 127 Å². The quantitative estimate of drug-likeness (QED) is 0.877. The van der Waals surface area contributed by atoms with Gasteiger partial charge in [0.25, 0.3) is 0 Å². The van der Waals surface area contributed by atoms with Gasteiger partial charge < -0.3 is 9.84 Å². The highest BCUT2D eigenvalue weighted by Crippen LogP contribution is 2.31. The maximum absolute atomic E-state index is 12.4.